The minimum Gasteiger partial charge on any atom is -0.493 e. The fraction of sp³-hybridized carbons (Fsp3) is 0.650. The molecule has 5 nitrogen and oxygen atoms in total. The van der Waals surface area contributed by atoms with E-state index in [1.165, 1.54) is 0 Å². The van der Waals surface area contributed by atoms with Gasteiger partial charge in [-0.3, -0.25) is 9.69 Å². The molecule has 25 heavy (non-hydrogen) atoms. The van der Waals surface area contributed by atoms with Gasteiger partial charge in [0.1, 0.15) is 5.75 Å². The van der Waals surface area contributed by atoms with Gasteiger partial charge in [0.15, 0.2) is 0 Å². The number of rotatable bonds is 6. The molecule has 138 valence electrons. The number of hydrogen-bond donors (Lipinski definition) is 0. The number of carbonyl (C=O) groups excluding carboxylic acids is 1. The van der Waals surface area contributed by atoms with Crippen molar-refractivity contribution in [2.75, 3.05) is 52.5 Å². The van der Waals surface area contributed by atoms with Gasteiger partial charge in [-0.25, -0.2) is 0 Å². The molecule has 1 aromatic rings. The molecule has 0 N–H and O–H groups in total. The molecule has 0 atom stereocenters. The molecule has 2 aliphatic heterocycles. The zero-order valence-corrected chi connectivity index (χ0v) is 15.3. The lowest BCUT2D eigenvalue weighted by molar-refractivity contribution is 0.0242. The minimum absolute atomic E-state index is 0.108. The molecule has 0 bridgehead atoms. The number of carbonyl (C=O) groups is 1. The summed E-state index contributed by atoms with van der Waals surface area (Å²) in [7, 11) is 0. The van der Waals surface area contributed by atoms with Crippen LogP contribution in [0, 0.1) is 5.92 Å². The van der Waals surface area contributed by atoms with Crippen LogP contribution in [-0.4, -0.2) is 68.3 Å². The first-order valence-electron chi connectivity index (χ1n) is 9.59. The largest absolute Gasteiger partial charge is 0.493 e. The van der Waals surface area contributed by atoms with Crippen LogP contribution < -0.4 is 4.74 Å². The molecular formula is C20H30N2O3. The highest BCUT2D eigenvalue weighted by Gasteiger charge is 2.26. The Kier molecular flexibility index (Phi) is 6.70. The van der Waals surface area contributed by atoms with Gasteiger partial charge in [0.25, 0.3) is 5.91 Å². The quantitative estimate of drug-likeness (QED) is 0.794. The number of piperidine rings is 1. The van der Waals surface area contributed by atoms with Crippen molar-refractivity contribution in [3.8, 4) is 5.75 Å². The van der Waals surface area contributed by atoms with E-state index in [1.54, 1.807) is 0 Å². The maximum atomic E-state index is 12.9. The highest BCUT2D eigenvalue weighted by Crippen LogP contribution is 2.24. The second kappa shape index (κ2) is 9.20. The van der Waals surface area contributed by atoms with Crippen molar-refractivity contribution in [3.05, 3.63) is 29.8 Å². The average Bonchev–Trinajstić information content (AvgIpc) is 2.67. The molecule has 2 fully saturated rings. The van der Waals surface area contributed by atoms with Gasteiger partial charge in [0, 0.05) is 32.7 Å². The second-order valence-corrected chi connectivity index (χ2v) is 6.99. The summed E-state index contributed by atoms with van der Waals surface area (Å²) in [5.41, 5.74) is 0.697. The van der Waals surface area contributed by atoms with Gasteiger partial charge in [-0.15, -0.1) is 0 Å². The van der Waals surface area contributed by atoms with Crippen molar-refractivity contribution in [1.82, 2.24) is 9.80 Å². The van der Waals surface area contributed by atoms with Gasteiger partial charge in [0.2, 0.25) is 0 Å². The molecule has 3 rings (SSSR count). The number of ether oxygens (including phenoxy) is 2. The van der Waals surface area contributed by atoms with Gasteiger partial charge in [-0.05, 0) is 37.3 Å². The molecule has 0 radical (unpaired) electrons. The Labute approximate surface area is 150 Å². The van der Waals surface area contributed by atoms with Crippen molar-refractivity contribution in [1.29, 1.82) is 0 Å². The Morgan fingerprint density at radius 2 is 1.88 bits per heavy atom. The topological polar surface area (TPSA) is 42.0 Å². The van der Waals surface area contributed by atoms with Crippen LogP contribution in [0.15, 0.2) is 24.3 Å². The molecule has 0 unspecified atom stereocenters. The Morgan fingerprint density at radius 3 is 2.60 bits per heavy atom. The summed E-state index contributed by atoms with van der Waals surface area (Å²) in [6.45, 7) is 9.34. The van der Waals surface area contributed by atoms with Gasteiger partial charge in [-0.1, -0.05) is 19.1 Å². The van der Waals surface area contributed by atoms with Gasteiger partial charge in [0.05, 0.1) is 25.4 Å². The number of hydrogen-bond acceptors (Lipinski definition) is 4. The lowest BCUT2D eigenvalue weighted by atomic mass is 9.95. The number of nitrogens with zero attached hydrogens (tertiary/aromatic N) is 2. The van der Waals surface area contributed by atoms with Crippen LogP contribution in [0.25, 0.3) is 0 Å². The van der Waals surface area contributed by atoms with Crippen molar-refractivity contribution in [2.24, 2.45) is 5.92 Å². The highest BCUT2D eigenvalue weighted by atomic mass is 16.5. The monoisotopic (exact) mass is 346 g/mol. The van der Waals surface area contributed by atoms with Crippen LogP contribution in [-0.2, 0) is 4.74 Å². The molecule has 1 amide bonds. The number of para-hydroxylation sites is 1. The average molecular weight is 346 g/mol. The van der Waals surface area contributed by atoms with Gasteiger partial charge in [-0.2, -0.15) is 0 Å². The van der Waals surface area contributed by atoms with E-state index < -0.39 is 0 Å². The van der Waals surface area contributed by atoms with Crippen molar-refractivity contribution < 1.29 is 14.3 Å². The number of amides is 1. The van der Waals surface area contributed by atoms with Crippen LogP contribution >= 0.6 is 0 Å². The lowest BCUT2D eigenvalue weighted by Crippen LogP contribution is -2.44. The SMILES string of the molecule is CCCOc1ccccc1C(=O)N1CCC(CN2CCOCC2)CC1. The zero-order valence-electron chi connectivity index (χ0n) is 15.3. The van der Waals surface area contributed by atoms with E-state index in [0.717, 1.165) is 65.2 Å². The number of morpholine rings is 1. The molecule has 0 aliphatic carbocycles. The van der Waals surface area contributed by atoms with Crippen LogP contribution in [0.5, 0.6) is 5.75 Å². The molecule has 1 aromatic carbocycles. The summed E-state index contributed by atoms with van der Waals surface area (Å²) in [4.78, 5) is 17.4. The molecule has 0 saturated carbocycles. The minimum atomic E-state index is 0.108. The smallest absolute Gasteiger partial charge is 0.257 e. The van der Waals surface area contributed by atoms with Crippen molar-refractivity contribution >= 4 is 5.91 Å². The van der Waals surface area contributed by atoms with Crippen LogP contribution in [0.1, 0.15) is 36.5 Å². The molecule has 0 aromatic heterocycles. The molecule has 2 aliphatic rings. The Hall–Kier alpha value is -1.59. The first kappa shape index (κ1) is 18.2. The zero-order chi connectivity index (χ0) is 17.5. The standard InChI is InChI=1S/C20H30N2O3/c1-2-13-25-19-6-4-3-5-18(19)20(23)22-9-7-17(8-10-22)16-21-11-14-24-15-12-21/h3-6,17H,2,7-16H2,1H3. The molecule has 5 heteroatoms. The maximum absolute atomic E-state index is 12.9. The third-order valence-electron chi connectivity index (χ3n) is 5.10. The molecule has 2 heterocycles. The summed E-state index contributed by atoms with van der Waals surface area (Å²) in [6, 6.07) is 7.62. The molecular weight excluding hydrogens is 316 g/mol. The van der Waals surface area contributed by atoms with E-state index in [2.05, 4.69) is 11.8 Å². The highest BCUT2D eigenvalue weighted by molar-refractivity contribution is 5.97. The van der Waals surface area contributed by atoms with E-state index in [-0.39, 0.29) is 5.91 Å². The first-order valence-corrected chi connectivity index (χ1v) is 9.59. The van der Waals surface area contributed by atoms with Crippen LogP contribution in [0.3, 0.4) is 0 Å². The summed E-state index contributed by atoms with van der Waals surface area (Å²) in [5, 5.41) is 0. The predicted molar refractivity (Wildman–Crippen MR) is 98.1 cm³/mol. The van der Waals surface area contributed by atoms with Crippen molar-refractivity contribution in [2.45, 2.75) is 26.2 Å². The van der Waals surface area contributed by atoms with Crippen molar-refractivity contribution in [3.63, 3.8) is 0 Å². The summed E-state index contributed by atoms with van der Waals surface area (Å²) >= 11 is 0. The predicted octanol–water partition coefficient (Wildman–Crippen LogP) is 2.66. The Balaban J connectivity index is 1.53. The fourth-order valence-electron chi connectivity index (χ4n) is 3.62. The fourth-order valence-corrected chi connectivity index (χ4v) is 3.62. The van der Waals surface area contributed by atoms with E-state index in [4.69, 9.17) is 9.47 Å². The maximum Gasteiger partial charge on any atom is 0.257 e. The van der Waals surface area contributed by atoms with Gasteiger partial charge >= 0.3 is 0 Å². The van der Waals surface area contributed by atoms with E-state index in [1.807, 2.05) is 29.2 Å². The van der Waals surface area contributed by atoms with E-state index >= 15 is 0 Å². The molecule has 0 spiro atoms. The summed E-state index contributed by atoms with van der Waals surface area (Å²) < 4.78 is 11.2. The second-order valence-electron chi connectivity index (χ2n) is 6.99. The third-order valence-corrected chi connectivity index (χ3v) is 5.10. The summed E-state index contributed by atoms with van der Waals surface area (Å²) in [6.07, 6.45) is 3.11. The third kappa shape index (κ3) is 4.95. The van der Waals surface area contributed by atoms with E-state index in [0.29, 0.717) is 23.8 Å². The molecule has 2 saturated heterocycles. The number of likely N-dealkylation sites (tertiary alicyclic amines) is 1. The van der Waals surface area contributed by atoms with Crippen LogP contribution in [0.2, 0.25) is 0 Å². The first-order chi connectivity index (χ1) is 12.3. The normalized spacial score (nSPS) is 19.8. The van der Waals surface area contributed by atoms with Crippen LogP contribution in [0.4, 0.5) is 0 Å². The van der Waals surface area contributed by atoms with Gasteiger partial charge < -0.3 is 14.4 Å². The lowest BCUT2D eigenvalue weighted by Gasteiger charge is -2.36. The number of benzene rings is 1. The summed E-state index contributed by atoms with van der Waals surface area (Å²) in [5.74, 6) is 1.51. The Bertz CT molecular complexity index is 550. The Morgan fingerprint density at radius 1 is 1.16 bits per heavy atom. The van der Waals surface area contributed by atoms with E-state index in [9.17, 15) is 4.79 Å².